The maximum Gasteiger partial charge on any atom is 0.335 e. The molecule has 100 valence electrons. The van der Waals surface area contributed by atoms with E-state index in [4.69, 9.17) is 20.3 Å². The molecule has 1 rings (SSSR count). The van der Waals surface area contributed by atoms with Crippen molar-refractivity contribution in [2.45, 2.75) is 13.8 Å². The van der Waals surface area contributed by atoms with E-state index < -0.39 is 5.97 Å². The minimum absolute atomic E-state index is 0.155. The first-order chi connectivity index (χ1) is 8.50. The Balaban J connectivity index is 2.46. The Bertz CT molecular complexity index is 404. The number of benzene rings is 1. The Labute approximate surface area is 107 Å². The average Bonchev–Trinajstić information content (AvgIpc) is 2.30. The van der Waals surface area contributed by atoms with Gasteiger partial charge in [0.1, 0.15) is 12.4 Å². The number of anilines is 1. The number of ether oxygens (including phenoxy) is 2. The number of rotatable bonds is 7. The molecule has 18 heavy (non-hydrogen) atoms. The lowest BCUT2D eigenvalue weighted by molar-refractivity contribution is 0.0695. The molecule has 1 aromatic rings. The van der Waals surface area contributed by atoms with Crippen LogP contribution in [0, 0.1) is 5.92 Å². The number of aromatic carboxylic acids is 1. The molecule has 0 fully saturated rings. The molecule has 0 amide bonds. The zero-order valence-corrected chi connectivity index (χ0v) is 10.7. The van der Waals surface area contributed by atoms with Crippen LogP contribution in [0.1, 0.15) is 24.2 Å². The first-order valence-corrected chi connectivity index (χ1v) is 5.84. The van der Waals surface area contributed by atoms with Crippen LogP contribution < -0.4 is 10.5 Å². The van der Waals surface area contributed by atoms with Gasteiger partial charge in [0.25, 0.3) is 0 Å². The summed E-state index contributed by atoms with van der Waals surface area (Å²) in [4.78, 5) is 10.8. The second-order valence-electron chi connectivity index (χ2n) is 4.37. The zero-order valence-electron chi connectivity index (χ0n) is 10.7. The highest BCUT2D eigenvalue weighted by Crippen LogP contribution is 2.22. The molecule has 3 N–H and O–H groups in total. The fourth-order valence-electron chi connectivity index (χ4n) is 1.32. The molecular weight excluding hydrogens is 234 g/mol. The van der Waals surface area contributed by atoms with E-state index in [0.717, 1.165) is 0 Å². The number of carboxylic acid groups (broad SMARTS) is 1. The zero-order chi connectivity index (χ0) is 13.5. The van der Waals surface area contributed by atoms with Gasteiger partial charge in [-0.15, -0.1) is 0 Å². The Kier molecular flexibility index (Phi) is 5.45. The van der Waals surface area contributed by atoms with Crippen LogP contribution >= 0.6 is 0 Å². The van der Waals surface area contributed by atoms with Gasteiger partial charge >= 0.3 is 5.97 Å². The van der Waals surface area contributed by atoms with Gasteiger partial charge in [0.05, 0.1) is 17.9 Å². The van der Waals surface area contributed by atoms with Crippen LogP contribution in [-0.4, -0.2) is 30.9 Å². The van der Waals surface area contributed by atoms with Gasteiger partial charge in [-0.05, 0) is 24.1 Å². The molecule has 0 aromatic heterocycles. The van der Waals surface area contributed by atoms with Crippen LogP contribution in [0.2, 0.25) is 0 Å². The van der Waals surface area contributed by atoms with Gasteiger partial charge in [0.2, 0.25) is 0 Å². The number of nitrogen functional groups attached to an aromatic ring is 1. The molecule has 0 unspecified atom stereocenters. The van der Waals surface area contributed by atoms with Gasteiger partial charge in [-0.1, -0.05) is 13.8 Å². The Hall–Kier alpha value is -1.75. The number of nitrogens with two attached hydrogens (primary N) is 1. The minimum atomic E-state index is -1.00. The van der Waals surface area contributed by atoms with Crippen molar-refractivity contribution < 1.29 is 19.4 Å². The van der Waals surface area contributed by atoms with Gasteiger partial charge in [-0.2, -0.15) is 0 Å². The van der Waals surface area contributed by atoms with Gasteiger partial charge in [0, 0.05) is 6.61 Å². The monoisotopic (exact) mass is 253 g/mol. The normalized spacial score (nSPS) is 10.6. The molecule has 0 spiro atoms. The molecule has 1 aromatic carbocycles. The third-order valence-corrected chi connectivity index (χ3v) is 2.20. The van der Waals surface area contributed by atoms with Gasteiger partial charge in [-0.3, -0.25) is 0 Å². The highest BCUT2D eigenvalue weighted by Gasteiger charge is 2.07. The van der Waals surface area contributed by atoms with E-state index in [2.05, 4.69) is 13.8 Å². The lowest BCUT2D eigenvalue weighted by atomic mass is 10.2. The minimum Gasteiger partial charge on any atom is -0.489 e. The van der Waals surface area contributed by atoms with Crippen LogP contribution in [0.25, 0.3) is 0 Å². The smallest absolute Gasteiger partial charge is 0.335 e. The molecule has 0 aliphatic heterocycles. The van der Waals surface area contributed by atoms with Crippen molar-refractivity contribution in [2.75, 3.05) is 25.6 Å². The fraction of sp³-hybridized carbons (Fsp3) is 0.462. The third kappa shape index (κ3) is 4.63. The van der Waals surface area contributed by atoms with E-state index in [1.807, 2.05) is 0 Å². The highest BCUT2D eigenvalue weighted by atomic mass is 16.5. The number of carboxylic acids is 1. The van der Waals surface area contributed by atoms with E-state index in [0.29, 0.717) is 37.2 Å². The van der Waals surface area contributed by atoms with Crippen LogP contribution in [0.5, 0.6) is 5.75 Å². The van der Waals surface area contributed by atoms with Gasteiger partial charge in [-0.25, -0.2) is 4.79 Å². The molecule has 0 saturated heterocycles. The molecule has 5 nitrogen and oxygen atoms in total. The molecule has 0 bridgehead atoms. The first-order valence-electron chi connectivity index (χ1n) is 5.84. The van der Waals surface area contributed by atoms with Crippen molar-refractivity contribution in [3.8, 4) is 5.75 Å². The number of hydrogen-bond acceptors (Lipinski definition) is 4. The lowest BCUT2D eigenvalue weighted by Crippen LogP contribution is -2.11. The van der Waals surface area contributed by atoms with Crippen LogP contribution in [0.3, 0.4) is 0 Å². The van der Waals surface area contributed by atoms with Crippen molar-refractivity contribution >= 4 is 11.7 Å². The maximum atomic E-state index is 10.8. The summed E-state index contributed by atoms with van der Waals surface area (Å²) >= 11 is 0. The Morgan fingerprint density at radius 1 is 1.39 bits per heavy atom. The van der Waals surface area contributed by atoms with Gasteiger partial charge < -0.3 is 20.3 Å². The van der Waals surface area contributed by atoms with Crippen molar-refractivity contribution in [1.29, 1.82) is 0 Å². The summed E-state index contributed by atoms with van der Waals surface area (Å²) in [5, 5.41) is 8.85. The largest absolute Gasteiger partial charge is 0.489 e. The predicted molar refractivity (Wildman–Crippen MR) is 69.0 cm³/mol. The van der Waals surface area contributed by atoms with Crippen LogP contribution in [0.15, 0.2) is 18.2 Å². The van der Waals surface area contributed by atoms with Crippen molar-refractivity contribution in [2.24, 2.45) is 5.92 Å². The molecule has 0 atom stereocenters. The molecule has 0 saturated carbocycles. The van der Waals surface area contributed by atoms with Crippen LogP contribution in [0.4, 0.5) is 5.69 Å². The summed E-state index contributed by atoms with van der Waals surface area (Å²) < 4.78 is 10.7. The van der Waals surface area contributed by atoms with E-state index >= 15 is 0 Å². The van der Waals surface area contributed by atoms with E-state index in [1.165, 1.54) is 18.2 Å². The van der Waals surface area contributed by atoms with Gasteiger partial charge in [0.15, 0.2) is 0 Å². The number of carbonyl (C=O) groups is 1. The lowest BCUT2D eigenvalue weighted by Gasteiger charge is -2.10. The summed E-state index contributed by atoms with van der Waals surface area (Å²) in [6, 6.07) is 4.38. The topological polar surface area (TPSA) is 81.8 Å². The fourth-order valence-corrected chi connectivity index (χ4v) is 1.32. The maximum absolute atomic E-state index is 10.8. The summed E-state index contributed by atoms with van der Waals surface area (Å²) in [5.41, 5.74) is 6.27. The molecule has 0 radical (unpaired) electrons. The average molecular weight is 253 g/mol. The predicted octanol–water partition coefficient (Wildman–Crippen LogP) is 2.02. The number of hydrogen-bond donors (Lipinski definition) is 2. The van der Waals surface area contributed by atoms with E-state index in [1.54, 1.807) is 0 Å². The first kappa shape index (κ1) is 14.3. The highest BCUT2D eigenvalue weighted by molar-refractivity contribution is 5.89. The van der Waals surface area contributed by atoms with E-state index in [-0.39, 0.29) is 5.56 Å². The molecular formula is C13H19NO4. The van der Waals surface area contributed by atoms with Crippen LogP contribution in [-0.2, 0) is 4.74 Å². The van der Waals surface area contributed by atoms with Crippen molar-refractivity contribution in [1.82, 2.24) is 0 Å². The summed E-state index contributed by atoms with van der Waals surface area (Å²) in [7, 11) is 0. The van der Waals surface area contributed by atoms with Crippen molar-refractivity contribution in [3.63, 3.8) is 0 Å². The second-order valence-corrected chi connectivity index (χ2v) is 4.37. The summed E-state index contributed by atoms with van der Waals surface area (Å²) in [6.07, 6.45) is 0. The molecule has 0 aliphatic rings. The summed E-state index contributed by atoms with van der Waals surface area (Å²) in [6.45, 7) is 5.60. The SMILES string of the molecule is CC(C)COCCOc1cc(C(=O)O)ccc1N. The Morgan fingerprint density at radius 2 is 2.11 bits per heavy atom. The quantitative estimate of drug-likeness (QED) is 0.574. The molecule has 0 aliphatic carbocycles. The standard InChI is InChI=1S/C13H19NO4/c1-9(2)8-17-5-6-18-12-7-10(13(15)16)3-4-11(12)14/h3-4,7,9H,5-6,8,14H2,1-2H3,(H,15,16). The molecule has 5 heteroatoms. The molecule has 0 heterocycles. The third-order valence-electron chi connectivity index (χ3n) is 2.20. The van der Waals surface area contributed by atoms with Crippen molar-refractivity contribution in [3.05, 3.63) is 23.8 Å². The van der Waals surface area contributed by atoms with E-state index in [9.17, 15) is 4.79 Å². The second kappa shape index (κ2) is 6.86. The summed E-state index contributed by atoms with van der Waals surface area (Å²) in [5.74, 6) is -0.149. The Morgan fingerprint density at radius 3 is 2.72 bits per heavy atom.